The second kappa shape index (κ2) is 6.02. The molecule has 96 valence electrons. The van der Waals surface area contributed by atoms with Gasteiger partial charge in [-0.3, -0.25) is 0 Å². The molecule has 0 aromatic heterocycles. The molecular weight excluding hydrogens is 198 g/mol. The molecule has 1 fully saturated rings. The van der Waals surface area contributed by atoms with E-state index in [0.29, 0.717) is 6.04 Å². The molecule has 3 atom stereocenters. The molecule has 0 spiro atoms. The van der Waals surface area contributed by atoms with Crippen molar-refractivity contribution >= 4 is 0 Å². The predicted molar refractivity (Wildman–Crippen MR) is 69.5 cm³/mol. The molecule has 1 aliphatic rings. The summed E-state index contributed by atoms with van der Waals surface area (Å²) >= 11 is 0. The molecule has 0 saturated heterocycles. The molecular formula is C14H29NO. The van der Waals surface area contributed by atoms with E-state index in [2.05, 4.69) is 33.0 Å². The summed E-state index contributed by atoms with van der Waals surface area (Å²) in [6, 6.07) is 0.599. The molecule has 3 unspecified atom stereocenters. The summed E-state index contributed by atoms with van der Waals surface area (Å²) in [6.07, 6.45) is 6.08. The second-order valence-corrected chi connectivity index (χ2v) is 6.23. The van der Waals surface area contributed by atoms with Crippen LogP contribution in [0.3, 0.4) is 0 Å². The van der Waals surface area contributed by atoms with Gasteiger partial charge in [0.05, 0.1) is 6.61 Å². The van der Waals surface area contributed by atoms with Crippen molar-refractivity contribution in [3.05, 3.63) is 0 Å². The van der Waals surface area contributed by atoms with E-state index < -0.39 is 0 Å². The van der Waals surface area contributed by atoms with Crippen molar-refractivity contribution in [3.63, 3.8) is 0 Å². The van der Waals surface area contributed by atoms with Crippen LogP contribution >= 0.6 is 0 Å². The second-order valence-electron chi connectivity index (χ2n) is 6.23. The number of nitrogens with one attached hydrogen (secondary N) is 1. The lowest BCUT2D eigenvalue weighted by molar-refractivity contribution is 0.125. The molecule has 2 heteroatoms. The van der Waals surface area contributed by atoms with Gasteiger partial charge in [-0.25, -0.2) is 0 Å². The molecule has 0 bridgehead atoms. The molecule has 2 nitrogen and oxygen atoms in total. The van der Waals surface area contributed by atoms with E-state index in [0.717, 1.165) is 24.7 Å². The molecule has 0 aliphatic heterocycles. The Bertz CT molecular complexity index is 197. The van der Waals surface area contributed by atoms with Crippen LogP contribution in [0.4, 0.5) is 0 Å². The number of aliphatic hydroxyl groups excluding tert-OH is 1. The van der Waals surface area contributed by atoms with Gasteiger partial charge in [-0.1, -0.05) is 27.2 Å². The maximum absolute atomic E-state index is 9.52. The minimum atomic E-state index is -0.0732. The van der Waals surface area contributed by atoms with Crippen LogP contribution in [-0.4, -0.2) is 23.3 Å². The maximum Gasteiger partial charge on any atom is 0.0610 e. The fraction of sp³-hybridized carbons (Fsp3) is 1.00. The van der Waals surface area contributed by atoms with Crippen molar-refractivity contribution < 1.29 is 5.11 Å². The van der Waals surface area contributed by atoms with Gasteiger partial charge >= 0.3 is 0 Å². The molecule has 0 amide bonds. The average molecular weight is 227 g/mol. The number of aliphatic hydroxyl groups is 1. The van der Waals surface area contributed by atoms with Gasteiger partial charge in [0.25, 0.3) is 0 Å². The highest BCUT2D eigenvalue weighted by Crippen LogP contribution is 2.30. The highest BCUT2D eigenvalue weighted by Gasteiger charge is 2.30. The third-order valence-corrected chi connectivity index (χ3v) is 3.88. The van der Waals surface area contributed by atoms with Crippen LogP contribution in [0.15, 0.2) is 0 Å². The van der Waals surface area contributed by atoms with Gasteiger partial charge in [0.2, 0.25) is 0 Å². The molecule has 0 radical (unpaired) electrons. The normalized spacial score (nSPS) is 34.7. The van der Waals surface area contributed by atoms with Crippen molar-refractivity contribution in [2.24, 2.45) is 11.8 Å². The van der Waals surface area contributed by atoms with Gasteiger partial charge < -0.3 is 10.4 Å². The van der Waals surface area contributed by atoms with Gasteiger partial charge in [0, 0.05) is 11.6 Å². The predicted octanol–water partition coefficient (Wildman–Crippen LogP) is 2.95. The Hall–Kier alpha value is -0.0800. The first-order chi connectivity index (χ1) is 7.49. The zero-order chi connectivity index (χ0) is 12.2. The number of hydrogen-bond acceptors (Lipinski definition) is 2. The summed E-state index contributed by atoms with van der Waals surface area (Å²) in [5.41, 5.74) is -0.0732. The monoisotopic (exact) mass is 227 g/mol. The van der Waals surface area contributed by atoms with Crippen LogP contribution < -0.4 is 5.32 Å². The Balaban J connectivity index is 2.50. The molecule has 1 saturated carbocycles. The van der Waals surface area contributed by atoms with Gasteiger partial charge in [0.1, 0.15) is 0 Å². The fourth-order valence-corrected chi connectivity index (χ4v) is 3.31. The van der Waals surface area contributed by atoms with Crippen LogP contribution in [-0.2, 0) is 0 Å². The topological polar surface area (TPSA) is 32.3 Å². The SMILES string of the molecule is CCCC(C)(CO)NC1CC(C)CC(C)C1. The quantitative estimate of drug-likeness (QED) is 0.757. The van der Waals surface area contributed by atoms with E-state index in [4.69, 9.17) is 0 Å². The minimum Gasteiger partial charge on any atom is -0.394 e. The maximum atomic E-state index is 9.52. The smallest absolute Gasteiger partial charge is 0.0610 e. The highest BCUT2D eigenvalue weighted by molar-refractivity contribution is 4.89. The molecule has 0 aromatic rings. The van der Waals surface area contributed by atoms with Crippen LogP contribution in [0.1, 0.15) is 59.8 Å². The van der Waals surface area contributed by atoms with Crippen LogP contribution in [0.5, 0.6) is 0 Å². The van der Waals surface area contributed by atoms with Gasteiger partial charge in [-0.05, 0) is 44.4 Å². The van der Waals surface area contributed by atoms with Crippen LogP contribution in [0.2, 0.25) is 0 Å². The highest BCUT2D eigenvalue weighted by atomic mass is 16.3. The summed E-state index contributed by atoms with van der Waals surface area (Å²) in [5.74, 6) is 1.65. The summed E-state index contributed by atoms with van der Waals surface area (Å²) in [5, 5.41) is 13.2. The van der Waals surface area contributed by atoms with E-state index in [1.54, 1.807) is 0 Å². The molecule has 0 aromatic carbocycles. The third-order valence-electron chi connectivity index (χ3n) is 3.88. The number of rotatable bonds is 5. The zero-order valence-electron chi connectivity index (χ0n) is 11.4. The van der Waals surface area contributed by atoms with Crippen LogP contribution in [0.25, 0.3) is 0 Å². The largest absolute Gasteiger partial charge is 0.394 e. The Labute approximate surface area is 101 Å². The van der Waals surface area contributed by atoms with Crippen molar-refractivity contribution in [1.29, 1.82) is 0 Å². The van der Waals surface area contributed by atoms with Crippen molar-refractivity contribution in [2.45, 2.75) is 71.4 Å². The van der Waals surface area contributed by atoms with E-state index in [9.17, 15) is 5.11 Å². The molecule has 1 aliphatic carbocycles. The van der Waals surface area contributed by atoms with Gasteiger partial charge in [-0.2, -0.15) is 0 Å². The van der Waals surface area contributed by atoms with E-state index in [1.165, 1.54) is 19.3 Å². The lowest BCUT2D eigenvalue weighted by Crippen LogP contribution is -2.52. The summed E-state index contributed by atoms with van der Waals surface area (Å²) < 4.78 is 0. The fourth-order valence-electron chi connectivity index (χ4n) is 3.31. The first kappa shape index (κ1) is 14.0. The molecule has 16 heavy (non-hydrogen) atoms. The Morgan fingerprint density at radius 2 is 1.75 bits per heavy atom. The standard InChI is InChI=1S/C14H29NO/c1-5-6-14(4,10-16)15-13-8-11(2)7-12(3)9-13/h11-13,15-16H,5-10H2,1-4H3. The zero-order valence-corrected chi connectivity index (χ0v) is 11.4. The van der Waals surface area contributed by atoms with Gasteiger partial charge in [-0.15, -0.1) is 0 Å². The van der Waals surface area contributed by atoms with Crippen molar-refractivity contribution in [2.75, 3.05) is 6.61 Å². The molecule has 0 heterocycles. The van der Waals surface area contributed by atoms with Crippen LogP contribution in [0, 0.1) is 11.8 Å². The number of hydrogen-bond donors (Lipinski definition) is 2. The Morgan fingerprint density at radius 1 is 1.19 bits per heavy atom. The third kappa shape index (κ3) is 4.06. The average Bonchev–Trinajstić information content (AvgIpc) is 2.16. The van der Waals surface area contributed by atoms with Gasteiger partial charge in [0.15, 0.2) is 0 Å². The molecule has 2 N–H and O–H groups in total. The first-order valence-electron chi connectivity index (χ1n) is 6.87. The minimum absolute atomic E-state index is 0.0732. The van der Waals surface area contributed by atoms with Crippen molar-refractivity contribution in [3.8, 4) is 0 Å². The van der Waals surface area contributed by atoms with E-state index >= 15 is 0 Å². The first-order valence-corrected chi connectivity index (χ1v) is 6.87. The summed E-state index contributed by atoms with van der Waals surface area (Å²) in [7, 11) is 0. The molecule has 1 rings (SSSR count). The lowest BCUT2D eigenvalue weighted by atomic mass is 9.79. The van der Waals surface area contributed by atoms with E-state index in [1.807, 2.05) is 0 Å². The Morgan fingerprint density at radius 3 is 2.19 bits per heavy atom. The van der Waals surface area contributed by atoms with Crippen molar-refractivity contribution in [1.82, 2.24) is 5.32 Å². The Kier molecular flexibility index (Phi) is 5.26. The summed E-state index contributed by atoms with van der Waals surface area (Å²) in [4.78, 5) is 0. The summed E-state index contributed by atoms with van der Waals surface area (Å²) in [6.45, 7) is 9.28. The van der Waals surface area contributed by atoms with E-state index in [-0.39, 0.29) is 12.1 Å². The lowest BCUT2D eigenvalue weighted by Gasteiger charge is -2.39.